The molecule has 8 heteroatoms. The van der Waals surface area contributed by atoms with Gasteiger partial charge in [0.05, 0.1) is 22.9 Å². The monoisotopic (exact) mass is 458 g/mol. The van der Waals surface area contributed by atoms with Crippen molar-refractivity contribution < 1.29 is 14.7 Å². The summed E-state index contributed by atoms with van der Waals surface area (Å²) in [5.74, 6) is -1.01. The van der Waals surface area contributed by atoms with E-state index in [-0.39, 0.29) is 11.3 Å². The first kappa shape index (κ1) is 21.1. The Kier molecular flexibility index (Phi) is 6.14. The molecule has 1 aromatic heterocycles. The molecule has 152 valence electrons. The molecule has 2 heterocycles. The third-order valence-corrected chi connectivity index (χ3v) is 5.34. The van der Waals surface area contributed by atoms with Gasteiger partial charge in [-0.2, -0.15) is 0 Å². The summed E-state index contributed by atoms with van der Waals surface area (Å²) in [6.07, 6.45) is 1.48. The molecule has 0 radical (unpaired) electrons. The lowest BCUT2D eigenvalue weighted by Gasteiger charge is -2.26. The highest BCUT2D eigenvalue weighted by atomic mass is 79.9. The standard InChI is InChI=1S/C21H23BrN4O3/c1-12-16(11-23-13(2)24-12)19(27)17-18(14-6-5-7-15(22)10-14)26(9-8-25(3)4)21(29)20(17)28/h5-7,10-11,18,27H,8-9H2,1-4H3/b19-17+/t18-/m0/s1. The number of likely N-dealkylation sites (N-methyl/N-ethyl adjacent to an activating group) is 1. The predicted molar refractivity (Wildman–Crippen MR) is 113 cm³/mol. The van der Waals surface area contributed by atoms with Gasteiger partial charge in [-0.05, 0) is 45.6 Å². The first-order chi connectivity index (χ1) is 13.7. The van der Waals surface area contributed by atoms with E-state index in [0.717, 1.165) is 10.0 Å². The molecular formula is C21H23BrN4O3. The highest BCUT2D eigenvalue weighted by Gasteiger charge is 2.46. The van der Waals surface area contributed by atoms with Crippen LogP contribution in [0.2, 0.25) is 0 Å². The Morgan fingerprint density at radius 1 is 1.28 bits per heavy atom. The van der Waals surface area contributed by atoms with E-state index >= 15 is 0 Å². The second kappa shape index (κ2) is 8.42. The number of aryl methyl sites for hydroxylation is 2. The van der Waals surface area contributed by atoms with Gasteiger partial charge in [0.2, 0.25) is 0 Å². The summed E-state index contributed by atoms with van der Waals surface area (Å²) >= 11 is 3.45. The minimum absolute atomic E-state index is 0.0578. The number of nitrogens with zero attached hydrogens (tertiary/aromatic N) is 4. The Morgan fingerprint density at radius 2 is 2.00 bits per heavy atom. The summed E-state index contributed by atoms with van der Waals surface area (Å²) < 4.78 is 0.822. The first-order valence-electron chi connectivity index (χ1n) is 9.20. The molecule has 1 aliphatic heterocycles. The van der Waals surface area contributed by atoms with Crippen molar-refractivity contribution in [3.63, 3.8) is 0 Å². The number of carbonyl (C=O) groups is 2. The van der Waals surface area contributed by atoms with Crippen LogP contribution in [0.4, 0.5) is 0 Å². The van der Waals surface area contributed by atoms with Crippen LogP contribution in [0.5, 0.6) is 0 Å². The van der Waals surface area contributed by atoms with Gasteiger partial charge in [-0.25, -0.2) is 9.97 Å². The second-order valence-corrected chi connectivity index (χ2v) is 8.18. The van der Waals surface area contributed by atoms with E-state index < -0.39 is 17.7 Å². The number of likely N-dealkylation sites (tertiary alicyclic amines) is 1. The average molecular weight is 459 g/mol. The molecule has 0 unspecified atom stereocenters. The van der Waals surface area contributed by atoms with Gasteiger partial charge in [-0.15, -0.1) is 0 Å². The lowest BCUT2D eigenvalue weighted by atomic mass is 9.95. The minimum Gasteiger partial charge on any atom is -0.507 e. The fourth-order valence-electron chi connectivity index (χ4n) is 3.40. The summed E-state index contributed by atoms with van der Waals surface area (Å²) in [5, 5.41) is 11.1. The van der Waals surface area contributed by atoms with Gasteiger partial charge in [0.25, 0.3) is 11.7 Å². The van der Waals surface area contributed by atoms with Crippen LogP contribution in [0, 0.1) is 13.8 Å². The van der Waals surface area contributed by atoms with Crippen molar-refractivity contribution >= 4 is 33.4 Å². The van der Waals surface area contributed by atoms with Crippen LogP contribution in [-0.4, -0.2) is 63.7 Å². The Labute approximate surface area is 178 Å². The number of Topliss-reactive ketones (excluding diaryl/α,β-unsaturated/α-hetero) is 1. The number of hydrogen-bond acceptors (Lipinski definition) is 6. The maximum absolute atomic E-state index is 12.9. The smallest absolute Gasteiger partial charge is 0.295 e. The van der Waals surface area contributed by atoms with Gasteiger partial charge in [-0.1, -0.05) is 28.1 Å². The molecule has 29 heavy (non-hydrogen) atoms. The van der Waals surface area contributed by atoms with Crippen LogP contribution >= 0.6 is 15.9 Å². The van der Waals surface area contributed by atoms with Crippen molar-refractivity contribution in [2.75, 3.05) is 27.2 Å². The van der Waals surface area contributed by atoms with Crippen molar-refractivity contribution in [1.29, 1.82) is 0 Å². The van der Waals surface area contributed by atoms with E-state index in [9.17, 15) is 14.7 Å². The molecule has 3 rings (SSSR count). The van der Waals surface area contributed by atoms with Gasteiger partial charge in [-0.3, -0.25) is 9.59 Å². The molecule has 7 nitrogen and oxygen atoms in total. The fraction of sp³-hybridized carbons (Fsp3) is 0.333. The van der Waals surface area contributed by atoms with Crippen molar-refractivity contribution in [2.45, 2.75) is 19.9 Å². The van der Waals surface area contributed by atoms with E-state index in [0.29, 0.717) is 30.2 Å². The topological polar surface area (TPSA) is 86.6 Å². The molecule has 1 aliphatic rings. The van der Waals surface area contributed by atoms with E-state index in [2.05, 4.69) is 25.9 Å². The van der Waals surface area contributed by atoms with Crippen molar-refractivity contribution in [3.05, 3.63) is 63.2 Å². The van der Waals surface area contributed by atoms with E-state index in [4.69, 9.17) is 0 Å². The summed E-state index contributed by atoms with van der Waals surface area (Å²) in [7, 11) is 3.80. The number of benzene rings is 1. The summed E-state index contributed by atoms with van der Waals surface area (Å²) in [4.78, 5) is 37.7. The zero-order valence-corrected chi connectivity index (χ0v) is 18.4. The molecule has 0 bridgehead atoms. The molecule has 1 atom stereocenters. The average Bonchev–Trinajstić information content (AvgIpc) is 2.90. The van der Waals surface area contributed by atoms with Crippen LogP contribution in [0.25, 0.3) is 5.76 Å². The maximum atomic E-state index is 12.9. The van der Waals surface area contributed by atoms with Gasteiger partial charge in [0.15, 0.2) is 0 Å². The number of rotatable bonds is 5. The third-order valence-electron chi connectivity index (χ3n) is 4.85. The van der Waals surface area contributed by atoms with Crippen LogP contribution in [-0.2, 0) is 9.59 Å². The quantitative estimate of drug-likeness (QED) is 0.421. The normalized spacial score (nSPS) is 18.7. The number of aromatic nitrogens is 2. The van der Waals surface area contributed by atoms with Crippen molar-refractivity contribution in [3.8, 4) is 0 Å². The molecular weight excluding hydrogens is 436 g/mol. The summed E-state index contributed by atoms with van der Waals surface area (Å²) in [6, 6.07) is 6.72. The molecule has 1 fully saturated rings. The first-order valence-corrected chi connectivity index (χ1v) is 9.99. The highest BCUT2D eigenvalue weighted by molar-refractivity contribution is 9.10. The van der Waals surface area contributed by atoms with Crippen LogP contribution in [0.1, 0.15) is 28.7 Å². The Bertz CT molecular complexity index is 1000. The largest absolute Gasteiger partial charge is 0.507 e. The minimum atomic E-state index is -0.703. The molecule has 1 N–H and O–H groups in total. The van der Waals surface area contributed by atoms with E-state index in [1.807, 2.05) is 43.3 Å². The number of aliphatic hydroxyl groups is 1. The molecule has 1 amide bonds. The number of hydrogen-bond donors (Lipinski definition) is 1. The Hall–Kier alpha value is -2.58. The van der Waals surface area contributed by atoms with E-state index in [1.54, 1.807) is 13.8 Å². The molecule has 0 saturated carbocycles. The number of amides is 1. The number of carbonyl (C=O) groups excluding carboxylic acids is 2. The lowest BCUT2D eigenvalue weighted by Crippen LogP contribution is -2.35. The Balaban J connectivity index is 2.19. The van der Waals surface area contributed by atoms with Gasteiger partial charge >= 0.3 is 0 Å². The molecule has 1 aromatic carbocycles. The maximum Gasteiger partial charge on any atom is 0.295 e. The van der Waals surface area contributed by atoms with Crippen LogP contribution in [0.15, 0.2) is 40.5 Å². The van der Waals surface area contributed by atoms with Crippen molar-refractivity contribution in [1.82, 2.24) is 19.8 Å². The predicted octanol–water partition coefficient (Wildman–Crippen LogP) is 2.84. The zero-order valence-electron chi connectivity index (χ0n) is 16.8. The van der Waals surface area contributed by atoms with E-state index in [1.165, 1.54) is 11.1 Å². The number of halogens is 1. The second-order valence-electron chi connectivity index (χ2n) is 7.27. The summed E-state index contributed by atoms with van der Waals surface area (Å²) in [5.41, 5.74) is 1.69. The fourth-order valence-corrected chi connectivity index (χ4v) is 3.82. The molecule has 1 saturated heterocycles. The lowest BCUT2D eigenvalue weighted by molar-refractivity contribution is -0.140. The third kappa shape index (κ3) is 4.23. The highest BCUT2D eigenvalue weighted by Crippen LogP contribution is 2.40. The van der Waals surface area contributed by atoms with Crippen molar-refractivity contribution in [2.24, 2.45) is 0 Å². The van der Waals surface area contributed by atoms with Crippen LogP contribution in [0.3, 0.4) is 0 Å². The molecule has 0 aliphatic carbocycles. The molecule has 0 spiro atoms. The SMILES string of the molecule is Cc1ncc(/C(O)=C2\C(=O)C(=O)N(CCN(C)C)[C@H]2c2cccc(Br)c2)c(C)n1. The number of aliphatic hydroxyl groups excluding tert-OH is 1. The van der Waals surface area contributed by atoms with Gasteiger partial charge in [0.1, 0.15) is 11.6 Å². The zero-order chi connectivity index (χ0) is 21.3. The van der Waals surface area contributed by atoms with Crippen LogP contribution < -0.4 is 0 Å². The summed E-state index contributed by atoms with van der Waals surface area (Å²) in [6.45, 7) is 4.43. The van der Waals surface area contributed by atoms with Gasteiger partial charge in [0, 0.05) is 23.8 Å². The Morgan fingerprint density at radius 3 is 2.62 bits per heavy atom. The van der Waals surface area contributed by atoms with Gasteiger partial charge < -0.3 is 14.9 Å². The molecule has 2 aromatic rings. The number of ketones is 1.